The number of hydrogen-bond donors (Lipinski definition) is 1. The highest BCUT2D eigenvalue weighted by Crippen LogP contribution is 2.21. The molecule has 0 aromatic rings. The molecule has 0 bridgehead atoms. The molecule has 2 heteroatoms. The average molecular weight is 268 g/mol. The highest BCUT2D eigenvalue weighted by atomic mass is 15.1. The number of hydrogen-bond acceptors (Lipinski definition) is 2. The minimum atomic E-state index is 0.690. The SMILES string of the molecule is CCCCCC(C)NC(C)C1CCN(CCC)CC1. The molecule has 0 radical (unpaired) electrons. The van der Waals surface area contributed by atoms with E-state index in [4.69, 9.17) is 0 Å². The van der Waals surface area contributed by atoms with Crippen molar-refractivity contribution in [3.63, 3.8) is 0 Å². The molecule has 0 aromatic carbocycles. The molecular weight excluding hydrogens is 232 g/mol. The van der Waals surface area contributed by atoms with Crippen molar-refractivity contribution in [2.75, 3.05) is 19.6 Å². The van der Waals surface area contributed by atoms with Crippen LogP contribution in [0.2, 0.25) is 0 Å². The molecule has 1 N–H and O–H groups in total. The van der Waals surface area contributed by atoms with Crippen LogP contribution in [0.4, 0.5) is 0 Å². The molecule has 1 heterocycles. The van der Waals surface area contributed by atoms with Crippen LogP contribution in [0.1, 0.15) is 72.6 Å². The molecule has 0 saturated carbocycles. The van der Waals surface area contributed by atoms with Gasteiger partial charge in [-0.2, -0.15) is 0 Å². The van der Waals surface area contributed by atoms with Crippen molar-refractivity contribution in [3.8, 4) is 0 Å². The summed E-state index contributed by atoms with van der Waals surface area (Å²) in [5.41, 5.74) is 0. The molecule has 1 aliphatic rings. The van der Waals surface area contributed by atoms with Gasteiger partial charge in [0.25, 0.3) is 0 Å². The fourth-order valence-electron chi connectivity index (χ4n) is 3.36. The van der Waals surface area contributed by atoms with Crippen molar-refractivity contribution in [1.29, 1.82) is 0 Å². The first-order valence-electron chi connectivity index (χ1n) is 8.65. The maximum atomic E-state index is 3.84. The predicted molar refractivity (Wildman–Crippen MR) is 85.7 cm³/mol. The Morgan fingerprint density at radius 2 is 1.74 bits per heavy atom. The van der Waals surface area contributed by atoms with Crippen LogP contribution >= 0.6 is 0 Å². The van der Waals surface area contributed by atoms with Crippen LogP contribution in [0.5, 0.6) is 0 Å². The molecule has 1 saturated heterocycles. The molecule has 0 amide bonds. The van der Waals surface area contributed by atoms with Gasteiger partial charge in [0.2, 0.25) is 0 Å². The first-order valence-corrected chi connectivity index (χ1v) is 8.65. The molecule has 2 nitrogen and oxygen atoms in total. The lowest BCUT2D eigenvalue weighted by Gasteiger charge is -2.36. The lowest BCUT2D eigenvalue weighted by molar-refractivity contribution is 0.158. The molecule has 19 heavy (non-hydrogen) atoms. The van der Waals surface area contributed by atoms with E-state index in [0.717, 1.165) is 5.92 Å². The van der Waals surface area contributed by atoms with E-state index in [1.807, 2.05) is 0 Å². The maximum Gasteiger partial charge on any atom is 0.00704 e. The first kappa shape index (κ1) is 17.0. The summed E-state index contributed by atoms with van der Waals surface area (Å²) < 4.78 is 0. The van der Waals surface area contributed by atoms with Crippen LogP contribution < -0.4 is 5.32 Å². The number of rotatable bonds is 9. The highest BCUT2D eigenvalue weighted by Gasteiger charge is 2.23. The van der Waals surface area contributed by atoms with Crippen LogP contribution in [0.25, 0.3) is 0 Å². The normalized spacial score (nSPS) is 21.5. The van der Waals surface area contributed by atoms with Crippen molar-refractivity contribution in [3.05, 3.63) is 0 Å². The van der Waals surface area contributed by atoms with Gasteiger partial charge >= 0.3 is 0 Å². The summed E-state index contributed by atoms with van der Waals surface area (Å²) in [5, 5.41) is 3.84. The molecule has 2 unspecified atom stereocenters. The molecule has 1 fully saturated rings. The Kier molecular flexibility index (Phi) is 8.72. The average Bonchev–Trinajstić information content (AvgIpc) is 2.40. The summed E-state index contributed by atoms with van der Waals surface area (Å²) in [5.74, 6) is 0.890. The van der Waals surface area contributed by atoms with E-state index in [0.29, 0.717) is 12.1 Å². The van der Waals surface area contributed by atoms with E-state index < -0.39 is 0 Å². The summed E-state index contributed by atoms with van der Waals surface area (Å²) in [4.78, 5) is 2.63. The van der Waals surface area contributed by atoms with E-state index in [-0.39, 0.29) is 0 Å². The summed E-state index contributed by atoms with van der Waals surface area (Å²) >= 11 is 0. The highest BCUT2D eigenvalue weighted by molar-refractivity contribution is 4.81. The molecule has 1 rings (SSSR count). The number of unbranched alkanes of at least 4 members (excludes halogenated alkanes) is 2. The Balaban J connectivity index is 2.17. The van der Waals surface area contributed by atoms with Crippen LogP contribution in [0, 0.1) is 5.92 Å². The van der Waals surface area contributed by atoms with Gasteiger partial charge in [-0.25, -0.2) is 0 Å². The second-order valence-electron chi connectivity index (χ2n) is 6.53. The van der Waals surface area contributed by atoms with Crippen molar-refractivity contribution in [2.24, 2.45) is 5.92 Å². The lowest BCUT2D eigenvalue weighted by Crippen LogP contribution is -2.44. The monoisotopic (exact) mass is 268 g/mol. The van der Waals surface area contributed by atoms with Gasteiger partial charge in [-0.05, 0) is 65.1 Å². The molecule has 2 atom stereocenters. The standard InChI is InChI=1S/C17H36N2/c1-5-7-8-9-15(3)18-16(4)17-10-13-19(12-6-2)14-11-17/h15-18H,5-14H2,1-4H3. The molecular formula is C17H36N2. The Morgan fingerprint density at radius 1 is 1.05 bits per heavy atom. The second-order valence-corrected chi connectivity index (χ2v) is 6.53. The van der Waals surface area contributed by atoms with Gasteiger partial charge in [-0.1, -0.05) is 33.1 Å². The van der Waals surface area contributed by atoms with Crippen LogP contribution in [0.3, 0.4) is 0 Å². The fourth-order valence-corrected chi connectivity index (χ4v) is 3.36. The molecule has 0 aliphatic carbocycles. The fraction of sp³-hybridized carbons (Fsp3) is 1.00. The summed E-state index contributed by atoms with van der Waals surface area (Å²) in [6, 6.07) is 1.38. The van der Waals surface area contributed by atoms with Gasteiger partial charge in [-0.3, -0.25) is 0 Å². The van der Waals surface area contributed by atoms with E-state index in [1.165, 1.54) is 64.6 Å². The topological polar surface area (TPSA) is 15.3 Å². The summed E-state index contributed by atoms with van der Waals surface area (Å²) in [7, 11) is 0. The number of likely N-dealkylation sites (tertiary alicyclic amines) is 1. The van der Waals surface area contributed by atoms with Crippen LogP contribution in [-0.2, 0) is 0 Å². The zero-order valence-electron chi connectivity index (χ0n) is 13.8. The zero-order valence-corrected chi connectivity index (χ0v) is 13.8. The third kappa shape index (κ3) is 6.76. The second kappa shape index (κ2) is 9.77. The van der Waals surface area contributed by atoms with E-state index in [2.05, 4.69) is 37.9 Å². The summed E-state index contributed by atoms with van der Waals surface area (Å²) in [6.07, 6.45) is 9.51. The quantitative estimate of drug-likeness (QED) is 0.635. The van der Waals surface area contributed by atoms with Crippen molar-refractivity contribution < 1.29 is 0 Å². The van der Waals surface area contributed by atoms with E-state index in [9.17, 15) is 0 Å². The Morgan fingerprint density at radius 3 is 2.32 bits per heavy atom. The Hall–Kier alpha value is -0.0800. The zero-order chi connectivity index (χ0) is 14.1. The van der Waals surface area contributed by atoms with Crippen molar-refractivity contribution >= 4 is 0 Å². The van der Waals surface area contributed by atoms with Crippen molar-refractivity contribution in [2.45, 2.75) is 84.7 Å². The minimum absolute atomic E-state index is 0.690. The minimum Gasteiger partial charge on any atom is -0.312 e. The number of piperidine rings is 1. The van der Waals surface area contributed by atoms with Gasteiger partial charge in [0, 0.05) is 12.1 Å². The van der Waals surface area contributed by atoms with Gasteiger partial charge in [0.05, 0.1) is 0 Å². The van der Waals surface area contributed by atoms with Gasteiger partial charge in [0.1, 0.15) is 0 Å². The van der Waals surface area contributed by atoms with Gasteiger partial charge in [0.15, 0.2) is 0 Å². The lowest BCUT2D eigenvalue weighted by atomic mass is 9.89. The predicted octanol–water partition coefficient (Wildman–Crippen LogP) is 4.06. The van der Waals surface area contributed by atoms with Crippen LogP contribution in [-0.4, -0.2) is 36.6 Å². The van der Waals surface area contributed by atoms with Crippen LogP contribution in [0.15, 0.2) is 0 Å². The molecule has 114 valence electrons. The third-order valence-electron chi connectivity index (χ3n) is 4.67. The van der Waals surface area contributed by atoms with E-state index >= 15 is 0 Å². The van der Waals surface area contributed by atoms with E-state index in [1.54, 1.807) is 0 Å². The Bertz CT molecular complexity index is 209. The third-order valence-corrected chi connectivity index (χ3v) is 4.67. The molecule has 0 spiro atoms. The first-order chi connectivity index (χ1) is 9.17. The number of nitrogens with zero attached hydrogens (tertiary/aromatic N) is 1. The Labute approximate surface area is 121 Å². The maximum absolute atomic E-state index is 3.84. The van der Waals surface area contributed by atoms with Crippen molar-refractivity contribution in [1.82, 2.24) is 10.2 Å². The molecule has 1 aliphatic heterocycles. The smallest absolute Gasteiger partial charge is 0.00704 e. The largest absolute Gasteiger partial charge is 0.312 e. The number of nitrogens with one attached hydrogen (secondary N) is 1. The van der Waals surface area contributed by atoms with Gasteiger partial charge in [-0.15, -0.1) is 0 Å². The van der Waals surface area contributed by atoms with Gasteiger partial charge < -0.3 is 10.2 Å². The molecule has 0 aromatic heterocycles. The summed E-state index contributed by atoms with van der Waals surface area (Å²) in [6.45, 7) is 13.2.